The highest BCUT2D eigenvalue weighted by Crippen LogP contribution is 2.23. The van der Waals surface area contributed by atoms with Crippen LogP contribution in [0.2, 0.25) is 0 Å². The molecule has 1 amide bonds. The smallest absolute Gasteiger partial charge is 0.335 e. The number of benzene rings is 1. The van der Waals surface area contributed by atoms with E-state index in [4.69, 9.17) is 5.11 Å². The summed E-state index contributed by atoms with van der Waals surface area (Å²) in [5, 5.41) is 11.7. The lowest BCUT2D eigenvalue weighted by Gasteiger charge is -2.17. The molecular formula is C14H19NO3S. The van der Waals surface area contributed by atoms with Gasteiger partial charge < -0.3 is 10.4 Å². The second-order valence-corrected chi connectivity index (χ2v) is 7.09. The molecule has 0 bridgehead atoms. The third-order valence-electron chi connectivity index (χ3n) is 2.38. The SMILES string of the molecule is Cc1cc(C(=O)O)ccc1NC(=O)CSC(C)(C)C. The molecule has 0 radical (unpaired) electrons. The van der Waals surface area contributed by atoms with Crippen molar-refractivity contribution < 1.29 is 14.7 Å². The fraction of sp³-hybridized carbons (Fsp3) is 0.429. The third kappa shape index (κ3) is 5.34. The number of thioether (sulfide) groups is 1. The predicted molar refractivity (Wildman–Crippen MR) is 79.0 cm³/mol. The van der Waals surface area contributed by atoms with Gasteiger partial charge in [-0.1, -0.05) is 20.8 Å². The predicted octanol–water partition coefficient (Wildman–Crippen LogP) is 3.16. The van der Waals surface area contributed by atoms with Gasteiger partial charge in [-0.15, -0.1) is 11.8 Å². The molecule has 1 aromatic rings. The van der Waals surface area contributed by atoms with Gasteiger partial charge in [0.15, 0.2) is 0 Å². The van der Waals surface area contributed by atoms with E-state index in [1.165, 1.54) is 6.07 Å². The van der Waals surface area contributed by atoms with Crippen LogP contribution in [0.3, 0.4) is 0 Å². The minimum absolute atomic E-state index is 0.0412. The summed E-state index contributed by atoms with van der Waals surface area (Å²) in [6, 6.07) is 4.66. The van der Waals surface area contributed by atoms with Crippen LogP contribution in [0.25, 0.3) is 0 Å². The lowest BCUT2D eigenvalue weighted by molar-refractivity contribution is -0.113. The highest BCUT2D eigenvalue weighted by atomic mass is 32.2. The van der Waals surface area contributed by atoms with Crippen LogP contribution in [0.15, 0.2) is 18.2 Å². The molecule has 0 aliphatic rings. The summed E-state index contributed by atoms with van der Waals surface area (Å²) in [7, 11) is 0. The Kier molecular flexibility index (Phi) is 5.00. The molecule has 19 heavy (non-hydrogen) atoms. The number of hydrogen-bond donors (Lipinski definition) is 2. The Morgan fingerprint density at radius 2 is 1.95 bits per heavy atom. The van der Waals surface area contributed by atoms with E-state index in [-0.39, 0.29) is 16.2 Å². The molecule has 0 aliphatic carbocycles. The average molecular weight is 281 g/mol. The molecule has 0 fully saturated rings. The van der Waals surface area contributed by atoms with Gasteiger partial charge in [0.1, 0.15) is 0 Å². The van der Waals surface area contributed by atoms with E-state index in [2.05, 4.69) is 26.1 Å². The highest BCUT2D eigenvalue weighted by Gasteiger charge is 2.14. The normalized spacial score (nSPS) is 11.2. The van der Waals surface area contributed by atoms with Crippen molar-refractivity contribution in [2.75, 3.05) is 11.1 Å². The Morgan fingerprint density at radius 3 is 2.42 bits per heavy atom. The Hall–Kier alpha value is -1.49. The van der Waals surface area contributed by atoms with Gasteiger partial charge in [-0.25, -0.2) is 4.79 Å². The van der Waals surface area contributed by atoms with E-state index in [1.807, 2.05) is 0 Å². The summed E-state index contributed by atoms with van der Waals surface area (Å²) in [6.07, 6.45) is 0. The van der Waals surface area contributed by atoms with Crippen LogP contribution < -0.4 is 5.32 Å². The zero-order valence-electron chi connectivity index (χ0n) is 11.6. The van der Waals surface area contributed by atoms with Crippen LogP contribution in [-0.2, 0) is 4.79 Å². The van der Waals surface area contributed by atoms with Gasteiger partial charge in [-0.05, 0) is 30.7 Å². The second kappa shape index (κ2) is 6.10. The topological polar surface area (TPSA) is 66.4 Å². The molecule has 2 N–H and O–H groups in total. The highest BCUT2D eigenvalue weighted by molar-refractivity contribution is 8.01. The lowest BCUT2D eigenvalue weighted by atomic mass is 10.1. The number of rotatable bonds is 4. The lowest BCUT2D eigenvalue weighted by Crippen LogP contribution is -2.19. The van der Waals surface area contributed by atoms with Crippen LogP contribution in [0.1, 0.15) is 36.7 Å². The standard InChI is InChI=1S/C14H19NO3S/c1-9-7-10(13(17)18)5-6-11(9)15-12(16)8-19-14(2,3)4/h5-7H,8H2,1-4H3,(H,15,16)(H,17,18). The number of amides is 1. The number of carbonyl (C=O) groups is 2. The first-order chi connectivity index (χ1) is 8.69. The molecule has 0 saturated heterocycles. The molecule has 5 heteroatoms. The first-order valence-electron chi connectivity index (χ1n) is 5.97. The molecule has 0 atom stereocenters. The van der Waals surface area contributed by atoms with Crippen molar-refractivity contribution in [1.29, 1.82) is 0 Å². The number of aromatic carboxylic acids is 1. The molecule has 0 aliphatic heterocycles. The number of carboxylic acids is 1. The van der Waals surface area contributed by atoms with Gasteiger partial charge in [0.25, 0.3) is 0 Å². The second-order valence-electron chi connectivity index (χ2n) is 5.28. The molecule has 104 valence electrons. The fourth-order valence-corrected chi connectivity index (χ4v) is 2.04. The van der Waals surface area contributed by atoms with Crippen molar-refractivity contribution in [3.05, 3.63) is 29.3 Å². The zero-order valence-corrected chi connectivity index (χ0v) is 12.4. The Morgan fingerprint density at radius 1 is 1.32 bits per heavy atom. The number of hydrogen-bond acceptors (Lipinski definition) is 3. The van der Waals surface area contributed by atoms with Crippen LogP contribution in [0.5, 0.6) is 0 Å². The van der Waals surface area contributed by atoms with Gasteiger partial charge in [-0.2, -0.15) is 0 Å². The molecule has 0 saturated carbocycles. The van der Waals surface area contributed by atoms with E-state index in [0.717, 1.165) is 5.56 Å². The van der Waals surface area contributed by atoms with Crippen molar-refractivity contribution in [2.24, 2.45) is 0 Å². The summed E-state index contributed by atoms with van der Waals surface area (Å²) in [6.45, 7) is 7.94. The molecule has 0 unspecified atom stereocenters. The monoisotopic (exact) mass is 281 g/mol. The summed E-state index contributed by atoms with van der Waals surface area (Å²) >= 11 is 1.57. The maximum atomic E-state index is 11.8. The number of anilines is 1. The molecule has 4 nitrogen and oxygen atoms in total. The van der Waals surface area contributed by atoms with E-state index >= 15 is 0 Å². The first-order valence-corrected chi connectivity index (χ1v) is 6.95. The third-order valence-corrected chi connectivity index (χ3v) is 3.66. The quantitative estimate of drug-likeness (QED) is 0.889. The van der Waals surface area contributed by atoms with Gasteiger partial charge in [0.2, 0.25) is 5.91 Å². The summed E-state index contributed by atoms with van der Waals surface area (Å²) in [5.74, 6) is -0.667. The van der Waals surface area contributed by atoms with E-state index in [9.17, 15) is 9.59 Å². The molecular weight excluding hydrogens is 262 g/mol. The Bertz CT molecular complexity index is 492. The number of carboxylic acid groups (broad SMARTS) is 1. The van der Waals surface area contributed by atoms with Crippen LogP contribution in [0, 0.1) is 6.92 Å². The summed E-state index contributed by atoms with van der Waals surface area (Å²) < 4.78 is 0.0412. The minimum Gasteiger partial charge on any atom is -0.478 e. The van der Waals surface area contributed by atoms with E-state index < -0.39 is 5.97 Å². The minimum atomic E-state index is -0.968. The Balaban J connectivity index is 2.67. The Labute approximate surface area is 117 Å². The van der Waals surface area contributed by atoms with Crippen molar-refractivity contribution in [3.8, 4) is 0 Å². The van der Waals surface area contributed by atoms with E-state index in [1.54, 1.807) is 30.8 Å². The first kappa shape index (κ1) is 15.6. The van der Waals surface area contributed by atoms with Gasteiger partial charge in [-0.3, -0.25) is 4.79 Å². The van der Waals surface area contributed by atoms with Crippen molar-refractivity contribution >= 4 is 29.3 Å². The maximum Gasteiger partial charge on any atom is 0.335 e. The van der Waals surface area contributed by atoms with Gasteiger partial charge in [0, 0.05) is 10.4 Å². The van der Waals surface area contributed by atoms with E-state index in [0.29, 0.717) is 11.4 Å². The number of nitrogens with one attached hydrogen (secondary N) is 1. The van der Waals surface area contributed by atoms with Crippen LogP contribution in [0.4, 0.5) is 5.69 Å². The van der Waals surface area contributed by atoms with Crippen molar-refractivity contribution in [3.63, 3.8) is 0 Å². The van der Waals surface area contributed by atoms with Crippen molar-refractivity contribution in [2.45, 2.75) is 32.4 Å². The van der Waals surface area contributed by atoms with Gasteiger partial charge >= 0.3 is 5.97 Å². The zero-order chi connectivity index (χ0) is 14.6. The average Bonchev–Trinajstić information content (AvgIpc) is 2.28. The van der Waals surface area contributed by atoms with Gasteiger partial charge in [0.05, 0.1) is 11.3 Å². The number of carbonyl (C=O) groups excluding carboxylic acids is 1. The summed E-state index contributed by atoms with van der Waals surface area (Å²) in [4.78, 5) is 22.6. The van der Waals surface area contributed by atoms with Crippen LogP contribution in [-0.4, -0.2) is 27.5 Å². The molecule has 1 rings (SSSR count). The fourth-order valence-electron chi connectivity index (χ4n) is 1.41. The molecule has 1 aromatic carbocycles. The van der Waals surface area contributed by atoms with Crippen molar-refractivity contribution in [1.82, 2.24) is 0 Å². The maximum absolute atomic E-state index is 11.8. The largest absolute Gasteiger partial charge is 0.478 e. The molecule has 0 aromatic heterocycles. The molecule has 0 heterocycles. The number of aryl methyl sites for hydroxylation is 1. The molecule has 0 spiro atoms. The summed E-state index contributed by atoms with van der Waals surface area (Å²) in [5.41, 5.74) is 1.62. The van der Waals surface area contributed by atoms with Crippen LogP contribution >= 0.6 is 11.8 Å².